The fraction of sp³-hybridized carbons (Fsp3) is 0.556. The molecule has 0 aliphatic rings. The van der Waals surface area contributed by atoms with Gasteiger partial charge in [-0.25, -0.2) is 13.1 Å². The minimum atomic E-state index is -3.54. The van der Waals surface area contributed by atoms with Gasteiger partial charge in [0.2, 0.25) is 10.0 Å². The number of nitrogens with one attached hydrogen (secondary N) is 1. The summed E-state index contributed by atoms with van der Waals surface area (Å²) in [6.07, 6.45) is -0.690. The van der Waals surface area contributed by atoms with Crippen molar-refractivity contribution in [2.24, 2.45) is 5.92 Å². The first-order valence-corrected chi connectivity index (χ1v) is 7.44. The maximum Gasteiger partial charge on any atom is 0.250 e. The summed E-state index contributed by atoms with van der Waals surface area (Å²) in [6.45, 7) is 3.65. The molecule has 0 saturated carbocycles. The van der Waals surface area contributed by atoms with Crippen molar-refractivity contribution in [1.82, 2.24) is 4.72 Å². The first-order valence-electron chi connectivity index (χ1n) is 4.76. The van der Waals surface area contributed by atoms with E-state index in [4.69, 9.17) is 11.6 Å². The lowest BCUT2D eigenvalue weighted by atomic mass is 10.1. The third kappa shape index (κ3) is 3.71. The van der Waals surface area contributed by atoms with E-state index < -0.39 is 16.1 Å². The van der Waals surface area contributed by atoms with Gasteiger partial charge in [0.1, 0.15) is 4.21 Å². The lowest BCUT2D eigenvalue weighted by molar-refractivity contribution is 0.129. The molecule has 0 bridgehead atoms. The van der Waals surface area contributed by atoms with Crippen LogP contribution in [0.5, 0.6) is 0 Å². The molecule has 0 saturated heterocycles. The predicted octanol–water partition coefficient (Wildman–Crippen LogP) is 1.70. The second-order valence-electron chi connectivity index (χ2n) is 3.72. The highest BCUT2D eigenvalue weighted by Gasteiger charge is 2.18. The number of thiophene rings is 1. The Morgan fingerprint density at radius 3 is 2.56 bits per heavy atom. The van der Waals surface area contributed by atoms with Crippen LogP contribution in [0.25, 0.3) is 0 Å². The van der Waals surface area contributed by atoms with Gasteiger partial charge in [-0.05, 0) is 18.1 Å². The molecule has 0 fully saturated rings. The molecule has 1 rings (SSSR count). The quantitative estimate of drug-likeness (QED) is 0.864. The predicted molar refractivity (Wildman–Crippen MR) is 65.4 cm³/mol. The monoisotopic (exact) mass is 283 g/mol. The summed E-state index contributed by atoms with van der Waals surface area (Å²) in [5, 5.41) is 9.49. The number of halogens is 1. The van der Waals surface area contributed by atoms with E-state index in [-0.39, 0.29) is 16.7 Å². The van der Waals surface area contributed by atoms with Crippen LogP contribution in [-0.4, -0.2) is 26.2 Å². The molecular formula is C9H14ClNO3S2. The van der Waals surface area contributed by atoms with E-state index in [1.807, 2.05) is 13.8 Å². The summed E-state index contributed by atoms with van der Waals surface area (Å²) in [7, 11) is -3.54. The van der Waals surface area contributed by atoms with Gasteiger partial charge >= 0.3 is 0 Å². The summed E-state index contributed by atoms with van der Waals surface area (Å²) in [5.41, 5.74) is 0. The van der Waals surface area contributed by atoms with Gasteiger partial charge in [0, 0.05) is 6.54 Å². The molecule has 0 spiro atoms. The molecule has 0 aliphatic carbocycles. The van der Waals surface area contributed by atoms with Gasteiger partial charge in [-0.1, -0.05) is 25.4 Å². The normalized spacial score (nSPS) is 14.3. The second kappa shape index (κ2) is 5.46. The molecule has 1 heterocycles. The lowest BCUT2D eigenvalue weighted by Gasteiger charge is -2.14. The Labute approximate surface area is 104 Å². The molecule has 1 unspecified atom stereocenters. The Bertz CT molecular complexity index is 441. The fourth-order valence-corrected chi connectivity index (χ4v) is 3.52. The minimum Gasteiger partial charge on any atom is -0.391 e. The summed E-state index contributed by atoms with van der Waals surface area (Å²) < 4.78 is 26.3. The van der Waals surface area contributed by atoms with Gasteiger partial charge in [-0.3, -0.25) is 0 Å². The highest BCUT2D eigenvalue weighted by Crippen LogP contribution is 2.25. The molecule has 0 aromatic carbocycles. The minimum absolute atomic E-state index is 0.00891. The van der Waals surface area contributed by atoms with Crippen LogP contribution in [0.1, 0.15) is 13.8 Å². The summed E-state index contributed by atoms with van der Waals surface area (Å²) in [6, 6.07) is 2.97. The van der Waals surface area contributed by atoms with Crippen LogP contribution in [0, 0.1) is 5.92 Å². The number of hydrogen-bond acceptors (Lipinski definition) is 4. The fourth-order valence-electron chi connectivity index (χ4n) is 0.944. The van der Waals surface area contributed by atoms with Crippen molar-refractivity contribution >= 4 is 33.0 Å². The molecular weight excluding hydrogens is 270 g/mol. The smallest absolute Gasteiger partial charge is 0.250 e. The lowest BCUT2D eigenvalue weighted by Crippen LogP contribution is -2.34. The third-order valence-corrected chi connectivity index (χ3v) is 5.21. The van der Waals surface area contributed by atoms with Crippen LogP contribution in [0.3, 0.4) is 0 Å². The van der Waals surface area contributed by atoms with Crippen molar-refractivity contribution in [2.75, 3.05) is 6.54 Å². The van der Waals surface area contributed by atoms with E-state index in [0.717, 1.165) is 11.3 Å². The van der Waals surface area contributed by atoms with Gasteiger partial charge in [0.15, 0.2) is 0 Å². The van der Waals surface area contributed by atoms with Gasteiger partial charge < -0.3 is 5.11 Å². The maximum absolute atomic E-state index is 11.7. The topological polar surface area (TPSA) is 66.4 Å². The zero-order chi connectivity index (χ0) is 12.3. The maximum atomic E-state index is 11.7. The van der Waals surface area contributed by atoms with Crippen molar-refractivity contribution in [1.29, 1.82) is 0 Å². The summed E-state index contributed by atoms with van der Waals surface area (Å²) in [5.74, 6) is 0.00891. The number of rotatable bonds is 5. The number of hydrogen-bond donors (Lipinski definition) is 2. The molecule has 16 heavy (non-hydrogen) atoms. The number of sulfonamides is 1. The molecule has 1 aromatic heterocycles. The van der Waals surface area contributed by atoms with Crippen molar-refractivity contribution < 1.29 is 13.5 Å². The Morgan fingerprint density at radius 1 is 1.50 bits per heavy atom. The molecule has 4 nitrogen and oxygen atoms in total. The van der Waals surface area contributed by atoms with Crippen molar-refractivity contribution in [2.45, 2.75) is 24.2 Å². The van der Waals surface area contributed by atoms with Crippen molar-refractivity contribution in [3.63, 3.8) is 0 Å². The van der Waals surface area contributed by atoms with Crippen LogP contribution >= 0.6 is 22.9 Å². The average Bonchev–Trinajstić information content (AvgIpc) is 2.61. The van der Waals surface area contributed by atoms with E-state index in [1.54, 1.807) is 0 Å². The van der Waals surface area contributed by atoms with Gasteiger partial charge in [-0.2, -0.15) is 0 Å². The third-order valence-electron chi connectivity index (χ3n) is 2.07. The SMILES string of the molecule is CC(C)C(O)CNS(=O)(=O)c1ccc(Cl)s1. The number of aliphatic hydroxyl groups is 1. The Hall–Kier alpha value is -0.140. The van der Waals surface area contributed by atoms with E-state index in [0.29, 0.717) is 4.34 Å². The van der Waals surface area contributed by atoms with Gasteiger partial charge in [-0.15, -0.1) is 11.3 Å². The Kier molecular flexibility index (Phi) is 4.75. The zero-order valence-corrected chi connectivity index (χ0v) is 11.4. The second-order valence-corrected chi connectivity index (χ2v) is 7.43. The molecule has 0 radical (unpaired) electrons. The average molecular weight is 284 g/mol. The molecule has 0 aliphatic heterocycles. The van der Waals surface area contributed by atoms with Crippen LogP contribution in [0.4, 0.5) is 0 Å². The first kappa shape index (κ1) is 13.9. The molecule has 0 amide bonds. The van der Waals surface area contributed by atoms with Crippen molar-refractivity contribution in [3.05, 3.63) is 16.5 Å². The molecule has 1 aromatic rings. The molecule has 7 heteroatoms. The molecule has 2 N–H and O–H groups in total. The Balaban J connectivity index is 2.67. The van der Waals surface area contributed by atoms with Gasteiger partial charge in [0.05, 0.1) is 10.4 Å². The summed E-state index contributed by atoms with van der Waals surface area (Å²) >= 11 is 6.64. The van der Waals surface area contributed by atoms with Crippen LogP contribution in [-0.2, 0) is 10.0 Å². The van der Waals surface area contributed by atoms with Gasteiger partial charge in [0.25, 0.3) is 0 Å². The van der Waals surface area contributed by atoms with Crippen molar-refractivity contribution in [3.8, 4) is 0 Å². The largest absolute Gasteiger partial charge is 0.391 e. The summed E-state index contributed by atoms with van der Waals surface area (Å²) in [4.78, 5) is 0. The van der Waals surface area contributed by atoms with E-state index >= 15 is 0 Å². The molecule has 92 valence electrons. The van der Waals surface area contributed by atoms with E-state index in [1.165, 1.54) is 12.1 Å². The standard InChI is InChI=1S/C9H14ClNO3S2/c1-6(2)7(12)5-11-16(13,14)9-4-3-8(10)15-9/h3-4,6-7,11-12H,5H2,1-2H3. The zero-order valence-electron chi connectivity index (χ0n) is 8.97. The van der Waals surface area contributed by atoms with Crippen LogP contribution < -0.4 is 4.72 Å². The van der Waals surface area contributed by atoms with Crippen LogP contribution in [0.2, 0.25) is 4.34 Å². The van der Waals surface area contributed by atoms with Crippen LogP contribution in [0.15, 0.2) is 16.3 Å². The van der Waals surface area contributed by atoms with E-state index in [9.17, 15) is 13.5 Å². The highest BCUT2D eigenvalue weighted by atomic mass is 35.5. The first-order chi connectivity index (χ1) is 7.33. The molecule has 1 atom stereocenters. The number of aliphatic hydroxyl groups excluding tert-OH is 1. The Morgan fingerprint density at radius 2 is 2.12 bits per heavy atom. The van der Waals surface area contributed by atoms with E-state index in [2.05, 4.69) is 4.72 Å². The highest BCUT2D eigenvalue weighted by molar-refractivity contribution is 7.91.